The number of thioether (sulfide) groups is 1. The number of amides is 1. The summed E-state index contributed by atoms with van der Waals surface area (Å²) in [6.07, 6.45) is 0. The molecule has 1 atom stereocenters. The van der Waals surface area contributed by atoms with Gasteiger partial charge in [0.15, 0.2) is 5.16 Å². The first-order valence-corrected chi connectivity index (χ1v) is 9.21. The fourth-order valence-electron chi connectivity index (χ4n) is 2.41. The average molecular weight is 381 g/mol. The van der Waals surface area contributed by atoms with Gasteiger partial charge in [-0.3, -0.25) is 9.59 Å². The summed E-state index contributed by atoms with van der Waals surface area (Å²) in [6, 6.07) is 18.0. The van der Waals surface area contributed by atoms with Crippen molar-refractivity contribution in [3.63, 3.8) is 0 Å². The summed E-state index contributed by atoms with van der Waals surface area (Å²) >= 11 is 1.19. The lowest BCUT2D eigenvalue weighted by molar-refractivity contribution is -0.115. The van der Waals surface area contributed by atoms with Crippen LogP contribution >= 0.6 is 11.8 Å². The van der Waals surface area contributed by atoms with E-state index in [0.717, 1.165) is 5.56 Å². The molecule has 7 heteroatoms. The van der Waals surface area contributed by atoms with E-state index in [1.54, 1.807) is 38.3 Å². The minimum absolute atomic E-state index is 0.194. The van der Waals surface area contributed by atoms with Crippen LogP contribution in [0.5, 0.6) is 5.75 Å². The van der Waals surface area contributed by atoms with Gasteiger partial charge in [0.1, 0.15) is 5.75 Å². The molecule has 2 N–H and O–H groups in total. The molecule has 3 rings (SSSR count). The van der Waals surface area contributed by atoms with Crippen molar-refractivity contribution in [2.75, 3.05) is 12.4 Å². The standard InChI is InChI=1S/C20H19N3O3S/c1-13(19(25)21-15-9-6-10-16(11-15)26-2)27-20-22-17(12-18(24)23-20)14-7-4-3-5-8-14/h3-13H,1-2H3,(H,21,25)(H,22,23,24). The van der Waals surface area contributed by atoms with Crippen molar-refractivity contribution >= 4 is 23.4 Å². The van der Waals surface area contributed by atoms with Gasteiger partial charge in [-0.15, -0.1) is 0 Å². The van der Waals surface area contributed by atoms with Gasteiger partial charge in [0.25, 0.3) is 5.56 Å². The number of hydrogen-bond donors (Lipinski definition) is 2. The van der Waals surface area contributed by atoms with E-state index in [9.17, 15) is 9.59 Å². The number of aromatic nitrogens is 2. The monoisotopic (exact) mass is 381 g/mol. The molecule has 1 aromatic heterocycles. The summed E-state index contributed by atoms with van der Waals surface area (Å²) in [7, 11) is 1.57. The maximum absolute atomic E-state index is 12.5. The Bertz CT molecular complexity index is 989. The van der Waals surface area contributed by atoms with Crippen molar-refractivity contribution in [1.82, 2.24) is 9.97 Å². The molecule has 3 aromatic rings. The van der Waals surface area contributed by atoms with Crippen molar-refractivity contribution in [3.8, 4) is 17.0 Å². The Balaban J connectivity index is 1.73. The Hall–Kier alpha value is -3.06. The van der Waals surface area contributed by atoms with E-state index in [1.807, 2.05) is 30.3 Å². The minimum Gasteiger partial charge on any atom is -0.497 e. The Morgan fingerprint density at radius 2 is 1.93 bits per heavy atom. The number of ether oxygens (including phenoxy) is 1. The SMILES string of the molecule is COc1cccc(NC(=O)C(C)Sc2nc(-c3ccccc3)cc(=O)[nH]2)c1. The van der Waals surface area contributed by atoms with Gasteiger partial charge in [-0.2, -0.15) is 0 Å². The normalized spacial score (nSPS) is 11.6. The van der Waals surface area contributed by atoms with Gasteiger partial charge >= 0.3 is 0 Å². The summed E-state index contributed by atoms with van der Waals surface area (Å²) in [5, 5.41) is 2.78. The molecule has 0 fully saturated rings. The number of rotatable bonds is 6. The molecule has 1 amide bonds. The largest absolute Gasteiger partial charge is 0.497 e. The van der Waals surface area contributed by atoms with Crippen LogP contribution in [-0.4, -0.2) is 28.2 Å². The zero-order valence-electron chi connectivity index (χ0n) is 14.9. The van der Waals surface area contributed by atoms with Gasteiger partial charge < -0.3 is 15.0 Å². The third kappa shape index (κ3) is 4.98. The molecule has 1 heterocycles. The number of anilines is 1. The predicted molar refractivity (Wildman–Crippen MR) is 107 cm³/mol. The molecule has 27 heavy (non-hydrogen) atoms. The summed E-state index contributed by atoms with van der Waals surface area (Å²) in [5.41, 5.74) is 1.80. The highest BCUT2D eigenvalue weighted by atomic mass is 32.2. The van der Waals surface area contributed by atoms with E-state index in [2.05, 4.69) is 15.3 Å². The van der Waals surface area contributed by atoms with E-state index in [0.29, 0.717) is 22.3 Å². The maximum atomic E-state index is 12.5. The lowest BCUT2D eigenvalue weighted by Crippen LogP contribution is -2.23. The number of H-pyrrole nitrogens is 1. The third-order valence-electron chi connectivity index (χ3n) is 3.78. The highest BCUT2D eigenvalue weighted by Gasteiger charge is 2.17. The van der Waals surface area contributed by atoms with Crippen LogP contribution in [0.3, 0.4) is 0 Å². The molecule has 0 spiro atoms. The van der Waals surface area contributed by atoms with E-state index in [1.165, 1.54) is 17.8 Å². The van der Waals surface area contributed by atoms with E-state index >= 15 is 0 Å². The number of aromatic amines is 1. The molecule has 0 aliphatic carbocycles. The zero-order valence-corrected chi connectivity index (χ0v) is 15.7. The van der Waals surface area contributed by atoms with Gasteiger partial charge in [-0.05, 0) is 19.1 Å². The summed E-state index contributed by atoms with van der Waals surface area (Å²) in [4.78, 5) is 31.6. The number of nitrogens with zero attached hydrogens (tertiary/aromatic N) is 1. The topological polar surface area (TPSA) is 84.1 Å². The summed E-state index contributed by atoms with van der Waals surface area (Å²) in [6.45, 7) is 1.76. The minimum atomic E-state index is -0.453. The van der Waals surface area contributed by atoms with Crippen LogP contribution in [0.25, 0.3) is 11.3 Å². The Morgan fingerprint density at radius 1 is 1.15 bits per heavy atom. The first-order chi connectivity index (χ1) is 13.0. The van der Waals surface area contributed by atoms with Crippen LogP contribution in [0.1, 0.15) is 6.92 Å². The van der Waals surface area contributed by atoms with Crippen LogP contribution in [0.2, 0.25) is 0 Å². The van der Waals surface area contributed by atoms with Crippen LogP contribution in [-0.2, 0) is 4.79 Å². The fourth-order valence-corrected chi connectivity index (χ4v) is 3.22. The number of methoxy groups -OCH3 is 1. The predicted octanol–water partition coefficient (Wildman–Crippen LogP) is 3.56. The van der Waals surface area contributed by atoms with E-state index in [4.69, 9.17) is 4.74 Å². The van der Waals surface area contributed by atoms with Gasteiger partial charge in [0.2, 0.25) is 5.91 Å². The first kappa shape index (κ1) is 18.7. The highest BCUT2D eigenvalue weighted by molar-refractivity contribution is 8.00. The Kier molecular flexibility index (Phi) is 5.93. The molecular weight excluding hydrogens is 362 g/mol. The maximum Gasteiger partial charge on any atom is 0.252 e. The van der Waals surface area contributed by atoms with Gasteiger partial charge in [-0.1, -0.05) is 48.2 Å². The van der Waals surface area contributed by atoms with Crippen molar-refractivity contribution in [3.05, 3.63) is 71.0 Å². The van der Waals surface area contributed by atoms with Crippen molar-refractivity contribution in [1.29, 1.82) is 0 Å². The lowest BCUT2D eigenvalue weighted by atomic mass is 10.1. The van der Waals surface area contributed by atoms with Crippen molar-refractivity contribution in [2.24, 2.45) is 0 Å². The fraction of sp³-hybridized carbons (Fsp3) is 0.150. The average Bonchev–Trinajstić information content (AvgIpc) is 2.68. The Morgan fingerprint density at radius 3 is 2.67 bits per heavy atom. The molecule has 0 aliphatic rings. The van der Waals surface area contributed by atoms with Crippen molar-refractivity contribution < 1.29 is 9.53 Å². The smallest absolute Gasteiger partial charge is 0.252 e. The number of carbonyl (C=O) groups is 1. The number of nitrogens with one attached hydrogen (secondary N) is 2. The summed E-state index contributed by atoms with van der Waals surface area (Å²) in [5.74, 6) is 0.468. The lowest BCUT2D eigenvalue weighted by Gasteiger charge is -2.12. The molecule has 0 saturated carbocycles. The van der Waals surface area contributed by atoms with Crippen LogP contribution in [0, 0.1) is 0 Å². The van der Waals surface area contributed by atoms with Crippen molar-refractivity contribution in [2.45, 2.75) is 17.3 Å². The molecule has 6 nitrogen and oxygen atoms in total. The molecule has 0 bridgehead atoms. The molecule has 2 aromatic carbocycles. The quantitative estimate of drug-likeness (QED) is 0.504. The van der Waals surface area contributed by atoms with Gasteiger partial charge in [0.05, 0.1) is 18.1 Å². The van der Waals surface area contributed by atoms with E-state index < -0.39 is 5.25 Å². The summed E-state index contributed by atoms with van der Waals surface area (Å²) < 4.78 is 5.15. The number of hydrogen-bond acceptors (Lipinski definition) is 5. The third-order valence-corrected chi connectivity index (χ3v) is 4.77. The molecule has 0 aliphatic heterocycles. The van der Waals surface area contributed by atoms with Crippen LogP contribution in [0.4, 0.5) is 5.69 Å². The molecular formula is C20H19N3O3S. The second kappa shape index (κ2) is 8.55. The molecule has 1 unspecified atom stereocenters. The first-order valence-electron chi connectivity index (χ1n) is 8.33. The van der Waals surface area contributed by atoms with Gasteiger partial charge in [-0.25, -0.2) is 4.98 Å². The molecule has 138 valence electrons. The van der Waals surface area contributed by atoms with Crippen LogP contribution < -0.4 is 15.6 Å². The van der Waals surface area contributed by atoms with E-state index in [-0.39, 0.29) is 11.5 Å². The second-order valence-corrected chi connectivity index (χ2v) is 7.11. The second-order valence-electron chi connectivity index (χ2n) is 5.78. The molecule has 0 saturated heterocycles. The highest BCUT2D eigenvalue weighted by Crippen LogP contribution is 2.23. The van der Waals surface area contributed by atoms with Gasteiger partial charge in [0, 0.05) is 23.4 Å². The van der Waals surface area contributed by atoms with Crippen LogP contribution in [0.15, 0.2) is 70.6 Å². The number of carbonyl (C=O) groups excluding carboxylic acids is 1. The zero-order chi connectivity index (χ0) is 19.2. The molecule has 0 radical (unpaired) electrons. The number of benzene rings is 2. The Labute approximate surface area is 161 Å².